The minimum absolute atomic E-state index is 0. The van der Waals surface area contributed by atoms with E-state index in [9.17, 15) is 67.7 Å². The molecule has 2 heterocycles. The van der Waals surface area contributed by atoms with E-state index in [0.29, 0.717) is 125 Å². The number of nitrogens with two attached hydrogens (primary N) is 1. The summed E-state index contributed by atoms with van der Waals surface area (Å²) >= 11 is 3.58. The van der Waals surface area contributed by atoms with Crippen molar-refractivity contribution >= 4 is 102 Å². The molecule has 2 aromatic rings. The molecule has 0 saturated carbocycles. The van der Waals surface area contributed by atoms with Crippen molar-refractivity contribution in [1.82, 2.24) is 25.8 Å². The van der Waals surface area contributed by atoms with Gasteiger partial charge in [-0.2, -0.15) is 23.5 Å². The number of imide groups is 2. The number of Topliss-reactive ketones (excluding diaryl/α,β-unsaturated/α-hetero) is 5. The summed E-state index contributed by atoms with van der Waals surface area (Å²) < 4.78 is 5.25. The Balaban J connectivity index is -0.000000234. The van der Waals surface area contributed by atoms with Gasteiger partial charge in [0.1, 0.15) is 28.9 Å². The van der Waals surface area contributed by atoms with E-state index in [1.807, 2.05) is 69.2 Å². The third kappa shape index (κ3) is 53.0. The smallest absolute Gasteiger partial charge is 0.229 e. The number of aromatic hydroxyl groups is 4. The second-order valence-corrected chi connectivity index (χ2v) is 29.8. The fourth-order valence-corrected chi connectivity index (χ4v) is 13.4. The van der Waals surface area contributed by atoms with Crippen molar-refractivity contribution < 1.29 is 109 Å². The molecule has 2 aromatic carbocycles. The summed E-state index contributed by atoms with van der Waals surface area (Å²) in [5.41, 5.74) is 7.38. The Morgan fingerprint density at radius 1 is 0.491 bits per heavy atom. The number of phenols is 4. The van der Waals surface area contributed by atoms with Crippen molar-refractivity contribution in [2.45, 2.75) is 276 Å². The number of carbonyl (C=O) groups is 12. The summed E-state index contributed by atoms with van der Waals surface area (Å²) in [6.45, 7) is 38.0. The van der Waals surface area contributed by atoms with E-state index in [1.165, 1.54) is 48.2 Å². The standard InChI is InChI=1S/C21H35NO3S.C15H27NOS.2C14H19NO4.2C5H7NO2.5C2H6.BH.U/c1-15-8-6-12-21(3,4)20(15)18(24)14-16(2)26-13-7-9-17(23)10-11-19(25)22-5;1-11-6-5-7-15(3,4)14(11)13(17)10-12(2)18-9-8-16;2*1-15-14(19)8-6-11(16)4-2-3-10-5-7-12(17)13(18)9-10;2*1-6-4(7)2-3-5(6)8;5*1-2;;/h6,8,15-16,20H,7,9-14H2,1-5H3,(H,22,25);5-6,11-12,14H,7-10,16H2,1-4H3;2*5,7,9,17-18H,2-4,6,8H2,1H3,(H,15,19);2*2-3H2,1H3;5*1-2H3;1H;/i;;;;;;;;;;;1D;. The fourth-order valence-electron chi connectivity index (χ4n) is 11.6. The zero-order chi connectivity index (χ0) is 86.3. The first-order valence-corrected chi connectivity index (χ1v) is 41.2. The number of nitrogens with zero attached hydrogens (tertiary/aromatic N) is 2. The van der Waals surface area contributed by atoms with Crippen LogP contribution in [0.3, 0.4) is 0 Å². The summed E-state index contributed by atoms with van der Waals surface area (Å²) in [5, 5.41) is 45.1. The Labute approximate surface area is 698 Å². The van der Waals surface area contributed by atoms with Gasteiger partial charge in [0.15, 0.2) is 23.0 Å². The summed E-state index contributed by atoms with van der Waals surface area (Å²) in [7, 11) is 11.4. The number of likely N-dealkylation sites (tertiary alicyclic amines) is 2. The monoisotopic (exact) mass is 1810 g/mol. The summed E-state index contributed by atoms with van der Waals surface area (Å²) in [4.78, 5) is 137. The van der Waals surface area contributed by atoms with Crippen molar-refractivity contribution in [1.29, 1.82) is 1.34 Å². The number of ketones is 5. The molecule has 2 aliphatic heterocycles. The van der Waals surface area contributed by atoms with Crippen LogP contribution in [-0.4, -0.2) is 174 Å². The zero-order valence-electron chi connectivity index (χ0n) is 72.5. The molecule has 22 nitrogen and oxygen atoms in total. The number of hydrogen-bond donors (Lipinski definition) is 8. The number of carbonyl (C=O) groups excluding carboxylic acids is 12. The third-order valence-electron chi connectivity index (χ3n) is 17.3. The summed E-state index contributed by atoms with van der Waals surface area (Å²) in [6, 6.07) is 9.26. The van der Waals surface area contributed by atoms with Crippen LogP contribution in [0.4, 0.5) is 0 Å². The van der Waals surface area contributed by atoms with Crippen molar-refractivity contribution in [2.24, 2.45) is 40.2 Å². The Morgan fingerprint density at radius 3 is 1.02 bits per heavy atom. The molecule has 0 aromatic heterocycles. The maximum atomic E-state index is 12.8. The number of benzene rings is 2. The number of allylic oxidation sites excluding steroid dienone is 4. The predicted octanol–water partition coefficient (Wildman–Crippen LogP) is 14.5. The molecule has 110 heavy (non-hydrogen) atoms. The average Bonchev–Trinajstić information content (AvgIpc) is 1.04. The number of rotatable bonds is 31. The van der Waals surface area contributed by atoms with Gasteiger partial charge in [-0.25, -0.2) is 0 Å². The molecule has 0 spiro atoms. The van der Waals surface area contributed by atoms with Gasteiger partial charge < -0.3 is 42.1 Å². The van der Waals surface area contributed by atoms with Crippen LogP contribution in [0.1, 0.15) is 264 Å². The van der Waals surface area contributed by atoms with Crippen LogP contribution in [0.2, 0.25) is 0 Å². The van der Waals surface area contributed by atoms with Crippen molar-refractivity contribution in [2.75, 3.05) is 53.3 Å². The quantitative estimate of drug-likeness (QED) is 0.0114. The van der Waals surface area contributed by atoms with Crippen molar-refractivity contribution in [3.05, 3.63) is 71.8 Å². The largest absolute Gasteiger partial charge is 0.504 e. The molecule has 4 aliphatic rings. The van der Waals surface area contributed by atoms with Gasteiger partial charge in [0, 0.05) is 206 Å². The Morgan fingerprint density at radius 2 is 0.773 bits per heavy atom. The van der Waals surface area contributed by atoms with E-state index in [-0.39, 0.29) is 173 Å². The fraction of sp³-hybridized carbons (Fsp3) is 0.667. The van der Waals surface area contributed by atoms with E-state index in [0.717, 1.165) is 41.9 Å². The predicted molar refractivity (Wildman–Crippen MR) is 450 cm³/mol. The van der Waals surface area contributed by atoms with Crippen LogP contribution in [0.5, 0.6) is 23.0 Å². The van der Waals surface area contributed by atoms with Gasteiger partial charge in [-0.05, 0) is 110 Å². The first-order valence-electron chi connectivity index (χ1n) is 39.7. The minimum Gasteiger partial charge on any atom is -0.504 e. The molecule has 2 fully saturated rings. The molecule has 0 bridgehead atoms. The van der Waals surface area contributed by atoms with Crippen molar-refractivity contribution in [3.63, 3.8) is 0 Å². The molecular weight excluding hydrogens is 1660 g/mol. The number of aryl methyl sites for hydroxylation is 2. The van der Waals surface area contributed by atoms with E-state index in [1.54, 1.807) is 56.8 Å². The molecule has 7 amide bonds. The average molecular weight is 1810 g/mol. The van der Waals surface area contributed by atoms with Gasteiger partial charge in [-0.15, -0.1) is 0 Å². The number of thioether (sulfide) groups is 2. The van der Waals surface area contributed by atoms with Crippen LogP contribution in [0.15, 0.2) is 60.7 Å². The van der Waals surface area contributed by atoms with Gasteiger partial charge >= 0.3 is 0 Å². The van der Waals surface area contributed by atoms with Crippen LogP contribution in [0, 0.1) is 65.6 Å². The number of amides is 7. The normalized spacial score (nSPS) is 16.7. The topological polar surface area (TPSA) is 354 Å². The van der Waals surface area contributed by atoms with E-state index in [4.69, 9.17) is 17.3 Å². The molecule has 6 rings (SSSR count). The molecule has 2 aliphatic carbocycles. The van der Waals surface area contributed by atoms with Gasteiger partial charge in [-0.1, -0.05) is 161 Å². The SMILES string of the molecule is CC.CC.CC.CC.CC.CC(CC(=O)C1C(C)C=CCC1(C)C)SCCN.CN1C(=O)CCC1=O.CN1C(=O)CCC1=O.CNC(=O)CCC(=O)CCCSC(C)CC(=O)C1C(C)C=CCC1(C)C.CNC(=O)CCC(=O)CCCc1ccc(O)c(O)c1.CNC(=O)CCC(=O)CCCc1ccc(O)c(O)c1.[2H][B].[U]. The number of phenolic OH excluding ortho intramolecular Hbond substituents is 4. The Bertz CT molecular complexity index is 2900. The van der Waals surface area contributed by atoms with Gasteiger partial charge in [0.2, 0.25) is 41.4 Å². The first-order chi connectivity index (χ1) is 52.0. The maximum absolute atomic E-state index is 12.8. The second-order valence-electron chi connectivity index (χ2n) is 26.7. The molecule has 6 atom stereocenters. The van der Waals surface area contributed by atoms with E-state index in [2.05, 4.69) is 104 Å². The molecule has 2 saturated heterocycles. The number of hydrogen-bond acceptors (Lipinski definition) is 19. The van der Waals surface area contributed by atoms with Gasteiger partial charge in [0.25, 0.3) is 0 Å². The molecular formula is C84H145BN6O16S2U. The maximum Gasteiger partial charge on any atom is 0.229 e. The van der Waals surface area contributed by atoms with Gasteiger partial charge in [-0.3, -0.25) is 67.3 Å². The van der Waals surface area contributed by atoms with Crippen LogP contribution in [0.25, 0.3) is 0 Å². The van der Waals surface area contributed by atoms with Gasteiger partial charge in [0.05, 0.1) is 0 Å². The molecule has 26 heteroatoms. The minimum atomic E-state index is -0.150. The third-order valence-corrected chi connectivity index (χ3v) is 19.8. The van der Waals surface area contributed by atoms with E-state index >= 15 is 0 Å². The molecule has 6 unspecified atom stereocenters. The first kappa shape index (κ1) is 115. The zero-order valence-corrected chi connectivity index (χ0v) is 77.3. The second kappa shape index (κ2) is 69.6. The van der Waals surface area contributed by atoms with E-state index < -0.39 is 0 Å². The summed E-state index contributed by atoms with van der Waals surface area (Å²) in [5.74, 6) is 2.64. The van der Waals surface area contributed by atoms with Crippen molar-refractivity contribution in [3.8, 4) is 23.0 Å². The Hall–Kier alpha value is -6.06. The molecule has 626 valence electrons. The number of nitrogens with one attached hydrogen (secondary N) is 3. The molecule has 2 radical (unpaired) electrons. The van der Waals surface area contributed by atoms with Crippen LogP contribution >= 0.6 is 23.5 Å². The van der Waals surface area contributed by atoms with Crippen LogP contribution in [-0.2, 0) is 70.4 Å². The molecule has 9 N–H and O–H groups in total. The Kier molecular flexibility index (Phi) is 72.7. The van der Waals surface area contributed by atoms with Crippen LogP contribution < -0.4 is 21.7 Å². The summed E-state index contributed by atoms with van der Waals surface area (Å²) in [6.07, 6.45) is 20.0.